The molecule has 1 aliphatic heterocycles. The lowest BCUT2D eigenvalue weighted by Gasteiger charge is -1.76. The van der Waals surface area contributed by atoms with E-state index < -0.39 is 0 Å². The van der Waals surface area contributed by atoms with Crippen LogP contribution < -0.4 is 0 Å². The van der Waals surface area contributed by atoms with E-state index in [9.17, 15) is 0 Å². The quantitative estimate of drug-likeness (QED) is 0.625. The summed E-state index contributed by atoms with van der Waals surface area (Å²) in [5, 5.41) is 14.4. The Kier molecular flexibility index (Phi) is 9.54. The minimum atomic E-state index is 1.54. The van der Waals surface area contributed by atoms with Gasteiger partial charge in [0.25, 0.3) is 0 Å². The molecule has 1 rings (SSSR count). The molecule has 0 bridgehead atoms. The van der Waals surface area contributed by atoms with Gasteiger partial charge in [0, 0.05) is 0 Å². The first-order chi connectivity index (χ1) is 10.0. The second-order valence-electron chi connectivity index (χ2n) is 3.40. The van der Waals surface area contributed by atoms with Gasteiger partial charge in [-0.1, -0.05) is 72.9 Å². The van der Waals surface area contributed by atoms with E-state index in [0.29, 0.717) is 0 Å². The highest BCUT2D eigenvalue weighted by Crippen LogP contribution is 1.86. The molecule has 0 saturated carbocycles. The van der Waals surface area contributed by atoms with Crippen LogP contribution in [0.3, 0.4) is 0 Å². The van der Waals surface area contributed by atoms with E-state index in [4.69, 9.17) is 0 Å². The number of hydrogen-bond donors (Lipinski definition) is 0. The molecule has 0 aromatic rings. The van der Waals surface area contributed by atoms with Crippen LogP contribution in [0, 0.1) is 0 Å². The molecule has 100 valence electrons. The molecule has 20 heavy (non-hydrogen) atoms. The third kappa shape index (κ3) is 10.3. The maximum atomic E-state index is 3.68. The van der Waals surface area contributed by atoms with Gasteiger partial charge >= 0.3 is 0 Å². The topological polar surface area (TPSA) is 49.4 Å². The van der Waals surface area contributed by atoms with Crippen molar-refractivity contribution in [3.05, 3.63) is 85.1 Å². The fourth-order valence-electron chi connectivity index (χ4n) is 1.05. The highest BCUT2D eigenvalue weighted by molar-refractivity contribution is 5.71. The zero-order chi connectivity index (χ0) is 14.1. The number of allylic oxidation sites excluding steroid dienone is 14. The average molecular weight is 264 g/mol. The molecule has 0 N–H and O–H groups in total. The van der Waals surface area contributed by atoms with Crippen LogP contribution >= 0.6 is 0 Å². The van der Waals surface area contributed by atoms with Crippen molar-refractivity contribution in [1.29, 1.82) is 0 Å². The summed E-state index contributed by atoms with van der Waals surface area (Å²) in [6, 6.07) is 0. The van der Waals surface area contributed by atoms with Crippen LogP contribution in [-0.2, 0) is 0 Å². The molecule has 1 heterocycles. The summed E-state index contributed by atoms with van der Waals surface area (Å²) in [6.45, 7) is 0. The van der Waals surface area contributed by atoms with Gasteiger partial charge in [0.05, 0.1) is 12.4 Å². The molecule has 1 aliphatic rings. The van der Waals surface area contributed by atoms with Gasteiger partial charge in [0.1, 0.15) is 0 Å². The number of rotatable bonds is 0. The lowest BCUT2D eigenvalue weighted by molar-refractivity contribution is 0.966. The highest BCUT2D eigenvalue weighted by atomic mass is 15.5. The van der Waals surface area contributed by atoms with Gasteiger partial charge in [-0.3, -0.25) is 0 Å². The van der Waals surface area contributed by atoms with Crippen molar-refractivity contribution in [2.75, 3.05) is 0 Å². The third-order valence-corrected chi connectivity index (χ3v) is 1.89. The Morgan fingerprint density at radius 2 is 0.550 bits per heavy atom. The van der Waals surface area contributed by atoms with Crippen LogP contribution in [0.4, 0.5) is 0 Å². The van der Waals surface area contributed by atoms with Gasteiger partial charge in [0.2, 0.25) is 0 Å². The summed E-state index contributed by atoms with van der Waals surface area (Å²) in [5.41, 5.74) is 0. The zero-order valence-corrected chi connectivity index (χ0v) is 11.0. The first-order valence-electron chi connectivity index (χ1n) is 6.12. The predicted octanol–water partition coefficient (Wildman–Crippen LogP) is 4.32. The third-order valence-electron chi connectivity index (χ3n) is 1.89. The maximum Gasteiger partial charge on any atom is 0.0514 e. The Bertz CT molecular complexity index is 333. The van der Waals surface area contributed by atoms with Gasteiger partial charge in [-0.25, -0.2) is 0 Å². The van der Waals surface area contributed by atoms with Crippen LogP contribution in [0.25, 0.3) is 0 Å². The zero-order valence-electron chi connectivity index (χ0n) is 11.0. The van der Waals surface area contributed by atoms with Gasteiger partial charge in [-0.05, 0) is 22.6 Å². The van der Waals surface area contributed by atoms with E-state index in [-0.39, 0.29) is 0 Å². The Morgan fingerprint density at radius 1 is 0.300 bits per heavy atom. The summed E-state index contributed by atoms with van der Waals surface area (Å²) in [5.74, 6) is 0. The van der Waals surface area contributed by atoms with Crippen LogP contribution in [0.2, 0.25) is 0 Å². The van der Waals surface area contributed by atoms with E-state index in [2.05, 4.69) is 20.6 Å². The molecule has 0 saturated heterocycles. The van der Waals surface area contributed by atoms with Crippen LogP contribution in [0.15, 0.2) is 106 Å². The van der Waals surface area contributed by atoms with E-state index in [0.717, 1.165) is 0 Å². The Balaban J connectivity index is 2.67. The lowest BCUT2D eigenvalue weighted by atomic mass is 10.3. The summed E-state index contributed by atoms with van der Waals surface area (Å²) < 4.78 is 0. The van der Waals surface area contributed by atoms with Crippen molar-refractivity contribution in [2.24, 2.45) is 20.6 Å². The summed E-state index contributed by atoms with van der Waals surface area (Å²) in [6.07, 6.45) is 29.6. The fourth-order valence-corrected chi connectivity index (χ4v) is 1.05. The van der Waals surface area contributed by atoms with E-state index in [1.165, 1.54) is 12.4 Å². The smallest absolute Gasteiger partial charge is 0.0514 e. The monoisotopic (exact) mass is 264 g/mol. The first kappa shape index (κ1) is 15.2. The van der Waals surface area contributed by atoms with Crippen molar-refractivity contribution in [3.63, 3.8) is 0 Å². The molecule has 0 aromatic carbocycles. The van der Waals surface area contributed by atoms with Crippen LogP contribution in [0.5, 0.6) is 0 Å². The second kappa shape index (κ2) is 12.6. The molecule has 0 spiro atoms. The Labute approximate surface area is 119 Å². The molecular formula is C16H16N4. The van der Waals surface area contributed by atoms with Gasteiger partial charge in [0.15, 0.2) is 0 Å². The molecule has 0 radical (unpaired) electrons. The van der Waals surface area contributed by atoms with E-state index in [1.807, 2.05) is 72.9 Å². The van der Waals surface area contributed by atoms with Crippen molar-refractivity contribution in [3.8, 4) is 0 Å². The Hall–Kier alpha value is -2.88. The van der Waals surface area contributed by atoms with Crippen molar-refractivity contribution in [2.45, 2.75) is 0 Å². The normalized spacial score (nSPS) is 16.0. The second-order valence-corrected chi connectivity index (χ2v) is 3.40. The minimum Gasteiger partial charge on any atom is -0.137 e. The van der Waals surface area contributed by atoms with Crippen molar-refractivity contribution >= 4 is 12.4 Å². The molecule has 0 amide bonds. The largest absolute Gasteiger partial charge is 0.137 e. The molecular weight excluding hydrogens is 248 g/mol. The first-order valence-corrected chi connectivity index (χ1v) is 6.12. The molecule has 4 nitrogen and oxygen atoms in total. The maximum absolute atomic E-state index is 3.68. The molecule has 4 heteroatoms. The lowest BCUT2D eigenvalue weighted by Crippen LogP contribution is -1.62. The van der Waals surface area contributed by atoms with E-state index >= 15 is 0 Å². The molecule has 0 unspecified atom stereocenters. The van der Waals surface area contributed by atoms with Gasteiger partial charge in [-0.2, -0.15) is 0 Å². The average Bonchev–Trinajstić information content (AvgIpc) is 2.46. The fraction of sp³-hybridized carbons (Fsp3) is 0. The molecule has 0 fully saturated rings. The summed E-state index contributed by atoms with van der Waals surface area (Å²) in [7, 11) is 0. The SMILES string of the molecule is C1=CC=CC=CC=CC=NN=NN=CC=CC=CC=C1. The van der Waals surface area contributed by atoms with Gasteiger partial charge in [-0.15, -0.1) is 10.2 Å². The molecule has 0 aromatic heterocycles. The van der Waals surface area contributed by atoms with Crippen LogP contribution in [-0.4, -0.2) is 12.4 Å². The van der Waals surface area contributed by atoms with Crippen molar-refractivity contribution < 1.29 is 0 Å². The molecule has 0 atom stereocenters. The predicted molar refractivity (Wildman–Crippen MR) is 85.8 cm³/mol. The highest BCUT2D eigenvalue weighted by Gasteiger charge is 1.67. The standard InChI is InChI=1S/C16H16N4/c1-2-4-6-8-10-12-14-16-18-20-19-17-15-13-11-9-7-5-3-1/h1-16H. The summed E-state index contributed by atoms with van der Waals surface area (Å²) in [4.78, 5) is 0. The van der Waals surface area contributed by atoms with E-state index in [1.54, 1.807) is 12.2 Å². The number of hydrogen-bond acceptors (Lipinski definition) is 4. The van der Waals surface area contributed by atoms with Crippen LogP contribution in [0.1, 0.15) is 0 Å². The van der Waals surface area contributed by atoms with Gasteiger partial charge < -0.3 is 0 Å². The summed E-state index contributed by atoms with van der Waals surface area (Å²) >= 11 is 0. The Morgan fingerprint density at radius 3 is 0.850 bits per heavy atom. The number of nitrogens with zero attached hydrogens (tertiary/aromatic N) is 4. The van der Waals surface area contributed by atoms with Crippen molar-refractivity contribution in [1.82, 2.24) is 0 Å². The molecule has 0 aliphatic carbocycles. The minimum absolute atomic E-state index is 1.54.